The van der Waals surface area contributed by atoms with Crippen LogP contribution in [-0.2, 0) is 10.0 Å². The lowest BCUT2D eigenvalue weighted by Crippen LogP contribution is -2.38. The first kappa shape index (κ1) is 15.6. The molecule has 0 fully saturated rings. The maximum Gasteiger partial charge on any atom is 0.242 e. The van der Waals surface area contributed by atoms with E-state index in [1.807, 2.05) is 19.9 Å². The second-order valence-electron chi connectivity index (χ2n) is 4.62. The summed E-state index contributed by atoms with van der Waals surface area (Å²) in [5, 5.41) is 17.8. The highest BCUT2D eigenvalue weighted by molar-refractivity contribution is 7.89. The molecule has 0 amide bonds. The van der Waals surface area contributed by atoms with Crippen LogP contribution in [-0.4, -0.2) is 31.2 Å². The van der Waals surface area contributed by atoms with Crippen LogP contribution in [0.4, 0.5) is 0 Å². The number of aromatic nitrogens is 1. The van der Waals surface area contributed by atoms with Gasteiger partial charge in [0.2, 0.25) is 10.0 Å². The molecule has 0 aliphatic carbocycles. The van der Waals surface area contributed by atoms with Crippen LogP contribution in [0.25, 0.3) is 0 Å². The number of sulfonamides is 1. The normalized spacial score (nSPS) is 13.2. The average Bonchev–Trinajstić information content (AvgIpc) is 2.37. The molecule has 1 heterocycles. The molecule has 0 bridgehead atoms. The van der Waals surface area contributed by atoms with Crippen LogP contribution in [0.3, 0.4) is 0 Å². The summed E-state index contributed by atoms with van der Waals surface area (Å²) in [5.74, 6) is 0.263. The molecule has 1 rings (SSSR count). The summed E-state index contributed by atoms with van der Waals surface area (Å²) in [6, 6.07) is 3.95. The maximum absolute atomic E-state index is 12.0. The van der Waals surface area contributed by atoms with Crippen molar-refractivity contribution in [3.63, 3.8) is 0 Å². The van der Waals surface area contributed by atoms with Crippen molar-refractivity contribution in [1.29, 1.82) is 5.26 Å². The summed E-state index contributed by atoms with van der Waals surface area (Å²) in [7, 11) is -3.72. The minimum Gasteiger partial charge on any atom is -0.395 e. The molecular formula is C12H17N3O3S. The molecule has 0 radical (unpaired) electrons. The first-order chi connectivity index (χ1) is 8.89. The molecular weight excluding hydrogens is 266 g/mol. The monoisotopic (exact) mass is 283 g/mol. The first-order valence-electron chi connectivity index (χ1n) is 5.88. The van der Waals surface area contributed by atoms with Crippen LogP contribution >= 0.6 is 0 Å². The van der Waals surface area contributed by atoms with Gasteiger partial charge in [-0.05, 0) is 24.5 Å². The molecule has 1 atom stereocenters. The van der Waals surface area contributed by atoms with Gasteiger partial charge in [-0.25, -0.2) is 18.1 Å². The Labute approximate surface area is 113 Å². The van der Waals surface area contributed by atoms with E-state index >= 15 is 0 Å². The van der Waals surface area contributed by atoms with Crippen molar-refractivity contribution in [2.75, 3.05) is 6.61 Å². The van der Waals surface area contributed by atoms with Crippen molar-refractivity contribution in [1.82, 2.24) is 9.71 Å². The highest BCUT2D eigenvalue weighted by Crippen LogP contribution is 2.11. The van der Waals surface area contributed by atoms with Crippen molar-refractivity contribution >= 4 is 10.0 Å². The van der Waals surface area contributed by atoms with Gasteiger partial charge in [0.05, 0.1) is 6.61 Å². The van der Waals surface area contributed by atoms with E-state index in [0.717, 1.165) is 6.20 Å². The summed E-state index contributed by atoms with van der Waals surface area (Å²) in [6.45, 7) is 3.63. The van der Waals surface area contributed by atoms with E-state index in [1.165, 1.54) is 12.1 Å². The van der Waals surface area contributed by atoms with Gasteiger partial charge in [-0.3, -0.25) is 0 Å². The number of nitriles is 1. The molecule has 0 aromatic carbocycles. The van der Waals surface area contributed by atoms with E-state index in [2.05, 4.69) is 9.71 Å². The maximum atomic E-state index is 12.0. The lowest BCUT2D eigenvalue weighted by Gasteiger charge is -2.18. The number of nitrogens with one attached hydrogen (secondary N) is 1. The Morgan fingerprint density at radius 3 is 2.58 bits per heavy atom. The van der Waals surface area contributed by atoms with Crippen molar-refractivity contribution in [2.45, 2.75) is 31.2 Å². The Morgan fingerprint density at radius 2 is 2.16 bits per heavy atom. The summed E-state index contributed by atoms with van der Waals surface area (Å²) >= 11 is 0. The van der Waals surface area contributed by atoms with Gasteiger partial charge in [0.25, 0.3) is 0 Å². The smallest absolute Gasteiger partial charge is 0.242 e. The molecule has 1 unspecified atom stereocenters. The molecule has 0 saturated carbocycles. The number of nitrogens with zero attached hydrogens (tertiary/aromatic N) is 2. The third-order valence-electron chi connectivity index (χ3n) is 2.46. The van der Waals surface area contributed by atoms with E-state index in [4.69, 9.17) is 5.26 Å². The van der Waals surface area contributed by atoms with Crippen LogP contribution in [0.5, 0.6) is 0 Å². The summed E-state index contributed by atoms with van der Waals surface area (Å²) < 4.78 is 26.5. The molecule has 0 aliphatic rings. The van der Waals surface area contributed by atoms with E-state index < -0.39 is 16.1 Å². The quantitative estimate of drug-likeness (QED) is 0.797. The zero-order valence-electron chi connectivity index (χ0n) is 10.9. The lowest BCUT2D eigenvalue weighted by atomic mass is 10.1. The van der Waals surface area contributed by atoms with E-state index in [1.54, 1.807) is 0 Å². The highest BCUT2D eigenvalue weighted by atomic mass is 32.2. The molecule has 19 heavy (non-hydrogen) atoms. The molecule has 6 nitrogen and oxygen atoms in total. The fourth-order valence-electron chi connectivity index (χ4n) is 1.62. The molecule has 0 aliphatic heterocycles. The number of pyridine rings is 1. The minimum absolute atomic E-state index is 0.0197. The molecule has 7 heteroatoms. The average molecular weight is 283 g/mol. The first-order valence-corrected chi connectivity index (χ1v) is 7.36. The van der Waals surface area contributed by atoms with E-state index in [0.29, 0.717) is 6.42 Å². The van der Waals surface area contributed by atoms with Gasteiger partial charge in [0, 0.05) is 12.2 Å². The van der Waals surface area contributed by atoms with Gasteiger partial charge >= 0.3 is 0 Å². The lowest BCUT2D eigenvalue weighted by molar-refractivity contribution is 0.240. The van der Waals surface area contributed by atoms with Gasteiger partial charge in [-0.2, -0.15) is 5.26 Å². The molecule has 0 saturated heterocycles. The van der Waals surface area contributed by atoms with Crippen molar-refractivity contribution < 1.29 is 13.5 Å². The van der Waals surface area contributed by atoms with Gasteiger partial charge in [0.15, 0.2) is 0 Å². The van der Waals surface area contributed by atoms with Crippen molar-refractivity contribution in [3.05, 3.63) is 24.0 Å². The van der Waals surface area contributed by atoms with Crippen molar-refractivity contribution in [2.24, 2.45) is 5.92 Å². The van der Waals surface area contributed by atoms with Crippen LogP contribution in [0.1, 0.15) is 26.0 Å². The standard InChI is InChI=1S/C12H17N3O3S/c1-9(2)5-11(8-16)15-19(17,18)12-4-3-10(6-13)14-7-12/h3-4,7,9,11,15-16H,5,8H2,1-2H3. The fourth-order valence-corrected chi connectivity index (χ4v) is 2.81. The third kappa shape index (κ3) is 4.59. The van der Waals surface area contributed by atoms with Gasteiger partial charge in [0.1, 0.15) is 16.7 Å². The molecule has 0 spiro atoms. The van der Waals surface area contributed by atoms with E-state index in [-0.39, 0.29) is 23.1 Å². The zero-order valence-corrected chi connectivity index (χ0v) is 11.7. The van der Waals surface area contributed by atoms with Crippen LogP contribution in [0.15, 0.2) is 23.2 Å². The number of hydrogen-bond donors (Lipinski definition) is 2. The zero-order chi connectivity index (χ0) is 14.5. The molecule has 2 N–H and O–H groups in total. The van der Waals surface area contributed by atoms with Gasteiger partial charge in [-0.15, -0.1) is 0 Å². The topological polar surface area (TPSA) is 103 Å². The van der Waals surface area contributed by atoms with Gasteiger partial charge < -0.3 is 5.11 Å². The Balaban J connectivity index is 2.87. The summed E-state index contributed by atoms with van der Waals surface area (Å²) in [6.07, 6.45) is 1.67. The molecule has 104 valence electrons. The summed E-state index contributed by atoms with van der Waals surface area (Å²) in [4.78, 5) is 3.70. The van der Waals surface area contributed by atoms with Crippen LogP contribution < -0.4 is 4.72 Å². The summed E-state index contributed by atoms with van der Waals surface area (Å²) in [5.41, 5.74) is 0.153. The fraction of sp³-hybridized carbons (Fsp3) is 0.500. The Kier molecular flexibility index (Phi) is 5.42. The third-order valence-corrected chi connectivity index (χ3v) is 3.97. The number of hydrogen-bond acceptors (Lipinski definition) is 5. The Morgan fingerprint density at radius 1 is 1.47 bits per heavy atom. The minimum atomic E-state index is -3.72. The SMILES string of the molecule is CC(C)CC(CO)NS(=O)(=O)c1ccc(C#N)nc1. The van der Waals surface area contributed by atoms with Crippen LogP contribution in [0, 0.1) is 17.2 Å². The van der Waals surface area contributed by atoms with Gasteiger partial charge in [-0.1, -0.05) is 13.8 Å². The Hall–Kier alpha value is -1.49. The number of aliphatic hydroxyl groups excluding tert-OH is 1. The Bertz CT molecular complexity index is 547. The molecule has 1 aromatic rings. The highest BCUT2D eigenvalue weighted by Gasteiger charge is 2.20. The largest absolute Gasteiger partial charge is 0.395 e. The predicted octanol–water partition coefficient (Wildman–Crippen LogP) is 0.639. The second kappa shape index (κ2) is 6.61. The molecule has 1 aromatic heterocycles. The number of rotatable bonds is 6. The second-order valence-corrected chi connectivity index (χ2v) is 6.34. The predicted molar refractivity (Wildman–Crippen MR) is 69.6 cm³/mol. The number of aliphatic hydroxyl groups is 1. The van der Waals surface area contributed by atoms with Crippen molar-refractivity contribution in [3.8, 4) is 6.07 Å². The van der Waals surface area contributed by atoms with E-state index in [9.17, 15) is 13.5 Å². The van der Waals surface area contributed by atoms with Crippen LogP contribution in [0.2, 0.25) is 0 Å².